The van der Waals surface area contributed by atoms with E-state index in [-0.39, 0.29) is 6.10 Å². The maximum absolute atomic E-state index is 12.1. The summed E-state index contributed by atoms with van der Waals surface area (Å²) in [5.41, 5.74) is 1.78. The zero-order chi connectivity index (χ0) is 13.1. The van der Waals surface area contributed by atoms with Crippen LogP contribution in [-0.2, 0) is 9.47 Å². The Balaban J connectivity index is 2.35. The molecule has 0 fully saturated rings. The van der Waals surface area contributed by atoms with Crippen molar-refractivity contribution < 1.29 is 14.3 Å². The van der Waals surface area contributed by atoms with Gasteiger partial charge in [0.2, 0.25) is 0 Å². The van der Waals surface area contributed by atoms with Gasteiger partial charge in [-0.2, -0.15) is 0 Å². The molecule has 1 heterocycles. The molecule has 0 saturated carbocycles. The Morgan fingerprint density at radius 2 is 2.06 bits per heavy atom. The van der Waals surface area contributed by atoms with Crippen molar-refractivity contribution in [1.82, 2.24) is 0 Å². The van der Waals surface area contributed by atoms with Gasteiger partial charge < -0.3 is 9.47 Å². The highest BCUT2D eigenvalue weighted by Crippen LogP contribution is 2.29. The van der Waals surface area contributed by atoms with Crippen LogP contribution in [0.15, 0.2) is 30.3 Å². The molecular weight excluding hydrogens is 230 g/mol. The van der Waals surface area contributed by atoms with E-state index in [1.54, 1.807) is 7.11 Å². The van der Waals surface area contributed by atoms with Gasteiger partial charge in [0.25, 0.3) is 0 Å². The number of amides is 1. The third-order valence-corrected chi connectivity index (χ3v) is 2.67. The number of rotatable bonds is 2. The number of fused-ring (bicyclic) bond motifs is 1. The number of benzene rings is 1. The summed E-state index contributed by atoms with van der Waals surface area (Å²) in [6.45, 7) is 3.65. The van der Waals surface area contributed by atoms with Gasteiger partial charge in [-0.3, -0.25) is 0 Å². The summed E-state index contributed by atoms with van der Waals surface area (Å²) < 4.78 is 10.6. The molecule has 0 N–H and O–H groups in total. The number of carbonyl (C=O) groups excluding carboxylic acids is 1. The van der Waals surface area contributed by atoms with Crippen molar-refractivity contribution in [1.29, 1.82) is 0 Å². The van der Waals surface area contributed by atoms with Gasteiger partial charge in [0.15, 0.2) is 6.23 Å². The molecule has 0 radical (unpaired) electrons. The van der Waals surface area contributed by atoms with E-state index in [0.717, 1.165) is 11.3 Å². The predicted octanol–water partition coefficient (Wildman–Crippen LogP) is 3.04. The molecule has 2 rings (SSSR count). The SMILES string of the molecule is CO[C@@H]1C=Cc2ccccc2N1C(=O)OC(C)C. The summed E-state index contributed by atoms with van der Waals surface area (Å²) in [6, 6.07) is 7.66. The molecule has 0 bridgehead atoms. The Hall–Kier alpha value is -1.81. The van der Waals surface area contributed by atoms with Gasteiger partial charge in [-0.15, -0.1) is 0 Å². The first-order valence-corrected chi connectivity index (χ1v) is 5.93. The first-order chi connectivity index (χ1) is 8.63. The maximum Gasteiger partial charge on any atom is 0.416 e. The summed E-state index contributed by atoms with van der Waals surface area (Å²) in [5, 5.41) is 0. The first kappa shape index (κ1) is 12.6. The second-order valence-electron chi connectivity index (χ2n) is 4.35. The van der Waals surface area contributed by atoms with Crippen LogP contribution in [0.5, 0.6) is 0 Å². The highest BCUT2D eigenvalue weighted by atomic mass is 16.6. The zero-order valence-electron chi connectivity index (χ0n) is 10.8. The summed E-state index contributed by atoms with van der Waals surface area (Å²) in [6.07, 6.45) is 2.81. The van der Waals surface area contributed by atoms with Crippen LogP contribution in [0.4, 0.5) is 10.5 Å². The van der Waals surface area contributed by atoms with Crippen molar-refractivity contribution in [2.75, 3.05) is 12.0 Å². The van der Waals surface area contributed by atoms with Crippen LogP contribution in [0.25, 0.3) is 6.08 Å². The minimum Gasteiger partial charge on any atom is -0.446 e. The summed E-state index contributed by atoms with van der Waals surface area (Å²) >= 11 is 0. The lowest BCUT2D eigenvalue weighted by atomic mass is 10.1. The standard InChI is InChI=1S/C14H17NO3/c1-10(2)18-14(16)15-12-7-5-4-6-11(12)8-9-13(15)17-3/h4-10,13H,1-3H3/t13-/m1/s1. The minimum absolute atomic E-state index is 0.159. The van der Waals surface area contributed by atoms with E-state index >= 15 is 0 Å². The van der Waals surface area contributed by atoms with Gasteiger partial charge in [-0.1, -0.05) is 24.3 Å². The van der Waals surface area contributed by atoms with Crippen LogP contribution >= 0.6 is 0 Å². The van der Waals surface area contributed by atoms with E-state index in [0.29, 0.717) is 0 Å². The van der Waals surface area contributed by atoms with Crippen LogP contribution in [0.1, 0.15) is 19.4 Å². The van der Waals surface area contributed by atoms with E-state index in [1.807, 2.05) is 50.3 Å². The zero-order valence-corrected chi connectivity index (χ0v) is 10.8. The van der Waals surface area contributed by atoms with Gasteiger partial charge in [-0.05, 0) is 31.6 Å². The topological polar surface area (TPSA) is 38.8 Å². The van der Waals surface area contributed by atoms with Crippen LogP contribution in [0.2, 0.25) is 0 Å². The molecule has 1 amide bonds. The van der Waals surface area contributed by atoms with Gasteiger partial charge in [-0.25, -0.2) is 9.69 Å². The first-order valence-electron chi connectivity index (χ1n) is 5.93. The van der Waals surface area contributed by atoms with Gasteiger partial charge in [0.1, 0.15) is 0 Å². The largest absolute Gasteiger partial charge is 0.446 e. The Bertz CT molecular complexity index is 468. The number of methoxy groups -OCH3 is 1. The van der Waals surface area contributed by atoms with E-state index < -0.39 is 12.3 Å². The van der Waals surface area contributed by atoms with Gasteiger partial charge in [0, 0.05) is 7.11 Å². The quantitative estimate of drug-likeness (QED) is 0.806. The molecule has 1 aromatic carbocycles. The van der Waals surface area contributed by atoms with Crippen LogP contribution in [-0.4, -0.2) is 25.5 Å². The molecule has 1 aliphatic heterocycles. The number of ether oxygens (including phenoxy) is 2. The third-order valence-electron chi connectivity index (χ3n) is 2.67. The van der Waals surface area contributed by atoms with Crippen molar-refractivity contribution in [2.45, 2.75) is 26.2 Å². The highest BCUT2D eigenvalue weighted by Gasteiger charge is 2.29. The number of para-hydroxylation sites is 1. The van der Waals surface area contributed by atoms with Crippen LogP contribution < -0.4 is 4.90 Å². The summed E-state index contributed by atoms with van der Waals surface area (Å²) in [7, 11) is 1.57. The Morgan fingerprint density at radius 1 is 1.33 bits per heavy atom. The predicted molar refractivity (Wildman–Crippen MR) is 70.4 cm³/mol. The fourth-order valence-corrected chi connectivity index (χ4v) is 1.90. The molecule has 0 spiro atoms. The lowest BCUT2D eigenvalue weighted by Gasteiger charge is -2.32. The fraction of sp³-hybridized carbons (Fsp3) is 0.357. The van der Waals surface area contributed by atoms with E-state index in [2.05, 4.69) is 0 Å². The van der Waals surface area contributed by atoms with Crippen LogP contribution in [0, 0.1) is 0 Å². The van der Waals surface area contributed by atoms with Crippen molar-refractivity contribution in [3.8, 4) is 0 Å². The van der Waals surface area contributed by atoms with E-state index in [4.69, 9.17) is 9.47 Å². The number of anilines is 1. The lowest BCUT2D eigenvalue weighted by molar-refractivity contribution is 0.0931. The molecule has 0 unspecified atom stereocenters. The smallest absolute Gasteiger partial charge is 0.416 e. The Kier molecular flexibility index (Phi) is 3.67. The second kappa shape index (κ2) is 5.23. The minimum atomic E-state index is -0.425. The number of carbonyl (C=O) groups is 1. The molecule has 0 aliphatic carbocycles. The van der Waals surface area contributed by atoms with Crippen molar-refractivity contribution in [2.24, 2.45) is 0 Å². The fourth-order valence-electron chi connectivity index (χ4n) is 1.90. The molecule has 0 aromatic heterocycles. The molecule has 1 aliphatic rings. The maximum atomic E-state index is 12.1. The van der Waals surface area contributed by atoms with E-state index in [9.17, 15) is 4.79 Å². The van der Waals surface area contributed by atoms with Gasteiger partial charge >= 0.3 is 6.09 Å². The molecule has 1 atom stereocenters. The summed E-state index contributed by atoms with van der Waals surface area (Å²) in [4.78, 5) is 13.7. The average Bonchev–Trinajstić information content (AvgIpc) is 2.36. The lowest BCUT2D eigenvalue weighted by Crippen LogP contribution is -2.43. The summed E-state index contributed by atoms with van der Waals surface area (Å²) in [5.74, 6) is 0. The number of nitrogens with zero attached hydrogens (tertiary/aromatic N) is 1. The van der Waals surface area contributed by atoms with Crippen LogP contribution in [0.3, 0.4) is 0 Å². The monoisotopic (exact) mass is 247 g/mol. The third kappa shape index (κ3) is 2.38. The number of hydrogen-bond donors (Lipinski definition) is 0. The normalized spacial score (nSPS) is 17.8. The molecule has 18 heavy (non-hydrogen) atoms. The molecule has 4 heteroatoms. The molecular formula is C14H17NO3. The average molecular weight is 247 g/mol. The van der Waals surface area contributed by atoms with Crippen molar-refractivity contribution in [3.05, 3.63) is 35.9 Å². The second-order valence-corrected chi connectivity index (χ2v) is 4.35. The highest BCUT2D eigenvalue weighted by molar-refractivity contribution is 5.93. The molecule has 4 nitrogen and oxygen atoms in total. The van der Waals surface area contributed by atoms with Crippen molar-refractivity contribution in [3.63, 3.8) is 0 Å². The molecule has 0 saturated heterocycles. The molecule has 1 aromatic rings. The van der Waals surface area contributed by atoms with E-state index in [1.165, 1.54) is 4.90 Å². The number of hydrogen-bond acceptors (Lipinski definition) is 3. The van der Waals surface area contributed by atoms with Gasteiger partial charge in [0.05, 0.1) is 11.8 Å². The Morgan fingerprint density at radius 3 is 2.72 bits per heavy atom. The Labute approximate surface area is 107 Å². The molecule has 96 valence electrons. The van der Waals surface area contributed by atoms with Crippen molar-refractivity contribution >= 4 is 17.9 Å².